The number of amides is 2. The molecule has 2 unspecified atom stereocenters. The van der Waals surface area contributed by atoms with Gasteiger partial charge in [0.05, 0.1) is 30.4 Å². The number of imidazole rings is 1. The van der Waals surface area contributed by atoms with E-state index in [1.165, 1.54) is 12.1 Å². The maximum atomic E-state index is 14.9. The molecule has 0 radical (unpaired) electrons. The van der Waals surface area contributed by atoms with Gasteiger partial charge in [0.2, 0.25) is 5.91 Å². The summed E-state index contributed by atoms with van der Waals surface area (Å²) >= 11 is 0. The largest absolute Gasteiger partial charge is 0.494 e. The Bertz CT molecular complexity index is 2090. The number of aromatic nitrogens is 4. The van der Waals surface area contributed by atoms with Gasteiger partial charge in [-0.1, -0.05) is 0 Å². The zero-order valence-electron chi connectivity index (χ0n) is 26.2. The van der Waals surface area contributed by atoms with Crippen LogP contribution >= 0.6 is 0 Å². The number of pyridine rings is 1. The van der Waals surface area contributed by atoms with Crippen LogP contribution in [0.3, 0.4) is 0 Å². The predicted octanol–water partition coefficient (Wildman–Crippen LogP) is 4.54. The molecular formula is C35H35F2N7O3. The Hall–Kier alpha value is -4.84. The first-order valence-electron chi connectivity index (χ1n) is 16.0. The Labute approximate surface area is 269 Å². The van der Waals surface area contributed by atoms with Gasteiger partial charge in [-0.3, -0.25) is 9.59 Å². The number of halogens is 2. The van der Waals surface area contributed by atoms with Gasteiger partial charge in [0.1, 0.15) is 28.5 Å². The summed E-state index contributed by atoms with van der Waals surface area (Å²) in [5, 5.41) is 0.853. The quantitative estimate of drug-likeness (QED) is 0.256. The number of ether oxygens (including phenoxy) is 1. The Kier molecular flexibility index (Phi) is 6.83. The molecule has 2 bridgehead atoms. The number of primary amides is 1. The van der Waals surface area contributed by atoms with Crippen LogP contribution in [-0.4, -0.2) is 61.6 Å². The van der Waals surface area contributed by atoms with E-state index in [9.17, 15) is 18.4 Å². The first-order chi connectivity index (χ1) is 22.6. The molecule has 4 N–H and O–H groups in total. The molecule has 5 aromatic rings. The minimum atomic E-state index is -0.846. The number of hydrogen-bond acceptors (Lipinski definition) is 6. The molecule has 12 heteroatoms. The van der Waals surface area contributed by atoms with E-state index < -0.39 is 24.0 Å². The Morgan fingerprint density at radius 2 is 1.79 bits per heavy atom. The third-order valence-corrected chi connectivity index (χ3v) is 10.2. The van der Waals surface area contributed by atoms with E-state index in [1.807, 2.05) is 34.7 Å². The number of hydrogen-bond donors (Lipinski definition) is 2. The molecule has 3 aliphatic rings. The average molecular weight is 640 g/mol. The molecule has 0 spiro atoms. The number of piperidine rings is 1. The molecule has 10 nitrogen and oxygen atoms in total. The highest BCUT2D eigenvalue weighted by molar-refractivity contribution is 6.00. The van der Waals surface area contributed by atoms with Crippen molar-refractivity contribution in [3.8, 4) is 28.5 Å². The first kappa shape index (κ1) is 29.6. The van der Waals surface area contributed by atoms with Crippen molar-refractivity contribution < 1.29 is 23.1 Å². The molecule has 4 heterocycles. The number of nitrogens with two attached hydrogens (primary N) is 2. The lowest BCUT2D eigenvalue weighted by molar-refractivity contribution is -0.117. The zero-order valence-corrected chi connectivity index (χ0v) is 26.2. The minimum Gasteiger partial charge on any atom is -0.494 e. The lowest BCUT2D eigenvalue weighted by Gasteiger charge is -2.27. The maximum Gasteiger partial charge on any atom is 0.254 e. The van der Waals surface area contributed by atoms with Crippen molar-refractivity contribution in [1.29, 1.82) is 0 Å². The number of aryl methyl sites for hydroxylation is 1. The smallest absolute Gasteiger partial charge is 0.254 e. The van der Waals surface area contributed by atoms with Gasteiger partial charge in [0.25, 0.3) is 5.91 Å². The number of rotatable bonds is 8. The van der Waals surface area contributed by atoms with E-state index >= 15 is 0 Å². The third kappa shape index (κ3) is 4.84. The highest BCUT2D eigenvalue weighted by Gasteiger charge is 2.47. The Balaban J connectivity index is 1.22. The van der Waals surface area contributed by atoms with Crippen LogP contribution in [0.2, 0.25) is 0 Å². The molecule has 3 aromatic heterocycles. The van der Waals surface area contributed by atoms with Crippen molar-refractivity contribution in [2.45, 2.75) is 50.7 Å². The van der Waals surface area contributed by atoms with E-state index in [1.54, 1.807) is 19.2 Å². The van der Waals surface area contributed by atoms with Crippen LogP contribution in [0.25, 0.3) is 44.8 Å². The van der Waals surface area contributed by atoms with E-state index in [0.717, 1.165) is 42.3 Å². The second-order valence-electron chi connectivity index (χ2n) is 13.2. The lowest BCUT2D eigenvalue weighted by atomic mass is 10.0. The summed E-state index contributed by atoms with van der Waals surface area (Å²) in [4.78, 5) is 36.9. The highest BCUT2D eigenvalue weighted by Crippen LogP contribution is 2.40. The highest BCUT2D eigenvalue weighted by atomic mass is 19.1. The number of methoxy groups -OCH3 is 1. The van der Waals surface area contributed by atoms with E-state index in [4.69, 9.17) is 26.2 Å². The van der Waals surface area contributed by atoms with Crippen LogP contribution in [0, 0.1) is 23.5 Å². The zero-order chi connectivity index (χ0) is 32.7. The van der Waals surface area contributed by atoms with Crippen molar-refractivity contribution >= 4 is 33.9 Å². The molecule has 3 fully saturated rings. The fourth-order valence-corrected chi connectivity index (χ4v) is 7.58. The number of fused-ring (bicyclic) bond motifs is 4. The predicted molar refractivity (Wildman–Crippen MR) is 172 cm³/mol. The van der Waals surface area contributed by atoms with Gasteiger partial charge in [0.15, 0.2) is 5.82 Å². The fourth-order valence-electron chi connectivity index (χ4n) is 7.58. The molecule has 8 rings (SSSR count). The van der Waals surface area contributed by atoms with Crippen molar-refractivity contribution in [3.05, 3.63) is 65.2 Å². The molecular weight excluding hydrogens is 604 g/mol. The van der Waals surface area contributed by atoms with Crippen LogP contribution in [0.15, 0.2) is 42.5 Å². The summed E-state index contributed by atoms with van der Waals surface area (Å²) < 4.78 is 39.6. The van der Waals surface area contributed by atoms with Crippen molar-refractivity contribution in [2.75, 3.05) is 13.7 Å². The van der Waals surface area contributed by atoms with Gasteiger partial charge in [0, 0.05) is 54.3 Å². The second kappa shape index (κ2) is 10.9. The van der Waals surface area contributed by atoms with Gasteiger partial charge in [-0.05, 0) is 80.0 Å². The van der Waals surface area contributed by atoms with Crippen LogP contribution in [0.4, 0.5) is 8.78 Å². The number of carbonyl (C=O) groups excluding carboxylic acids is 2. The third-order valence-electron chi connectivity index (χ3n) is 10.2. The molecule has 1 saturated heterocycles. The maximum absolute atomic E-state index is 14.9. The van der Waals surface area contributed by atoms with Crippen LogP contribution in [0.5, 0.6) is 5.75 Å². The number of benzene rings is 2. The van der Waals surface area contributed by atoms with Gasteiger partial charge in [-0.15, -0.1) is 0 Å². The second-order valence-corrected chi connectivity index (χ2v) is 13.2. The summed E-state index contributed by atoms with van der Waals surface area (Å²) in [5.74, 6) is -0.511. The Morgan fingerprint density at radius 1 is 1.02 bits per heavy atom. The molecule has 3 atom stereocenters. The lowest BCUT2D eigenvalue weighted by Crippen LogP contribution is -2.41. The van der Waals surface area contributed by atoms with Crippen molar-refractivity contribution in [1.82, 2.24) is 24.0 Å². The van der Waals surface area contributed by atoms with Crippen molar-refractivity contribution in [3.63, 3.8) is 0 Å². The molecule has 47 heavy (non-hydrogen) atoms. The molecule has 2 aliphatic carbocycles. The Morgan fingerprint density at radius 3 is 2.43 bits per heavy atom. The standard InChI is InChI=1S/C35H35F2N7O3/c1-42-32-26(11-21(13-29(32)47-2)35(46)44-16-19-6-8-27(44)31(19)39)41-34(42)28-12-18-5-7-25(40-33(18)43(28)15-17-3-4-17)20-9-23(36)22(14-30(38)45)24(37)10-20/h5,7,9-13,17,19,27,31H,3-4,6,8,14-16,39H2,1-2H3,(H2,38,45)/t19?,27?,31-/m1/s1. The summed E-state index contributed by atoms with van der Waals surface area (Å²) in [6.07, 6.45) is 3.66. The molecule has 1 aliphatic heterocycles. The number of carbonyl (C=O) groups is 2. The van der Waals surface area contributed by atoms with E-state index in [0.29, 0.717) is 58.9 Å². The number of nitrogens with zero attached hydrogens (tertiary/aromatic N) is 5. The van der Waals surface area contributed by atoms with Gasteiger partial charge < -0.3 is 30.2 Å². The van der Waals surface area contributed by atoms with Crippen LogP contribution < -0.4 is 16.2 Å². The van der Waals surface area contributed by atoms with E-state index in [-0.39, 0.29) is 29.1 Å². The summed E-state index contributed by atoms with van der Waals surface area (Å²) in [7, 11) is 3.51. The summed E-state index contributed by atoms with van der Waals surface area (Å²) in [5.41, 5.74) is 15.3. The van der Waals surface area contributed by atoms with Crippen LogP contribution in [-0.2, 0) is 24.8 Å². The minimum absolute atomic E-state index is 0.0211. The van der Waals surface area contributed by atoms with Crippen LogP contribution in [0.1, 0.15) is 41.6 Å². The topological polar surface area (TPSA) is 134 Å². The average Bonchev–Trinajstić information content (AvgIpc) is 3.45. The van der Waals surface area contributed by atoms with E-state index in [2.05, 4.69) is 4.57 Å². The van der Waals surface area contributed by atoms with Gasteiger partial charge >= 0.3 is 0 Å². The molecule has 242 valence electrons. The molecule has 2 aromatic carbocycles. The number of likely N-dealkylation sites (tertiary alicyclic amines) is 1. The SMILES string of the molecule is COc1cc(C(=O)N2CC3CCC2[C@@H]3N)cc2nc(-c3cc4ccc(-c5cc(F)c(CC(N)=O)c(F)c5)nc4n3CC3CC3)n(C)c12. The monoisotopic (exact) mass is 639 g/mol. The normalized spacial score (nSPS) is 20.5. The first-order valence-corrected chi connectivity index (χ1v) is 16.0. The van der Waals surface area contributed by atoms with Crippen molar-refractivity contribution in [2.24, 2.45) is 30.4 Å². The summed E-state index contributed by atoms with van der Waals surface area (Å²) in [6.45, 7) is 1.38. The van der Waals surface area contributed by atoms with Gasteiger partial charge in [-0.25, -0.2) is 18.7 Å². The summed E-state index contributed by atoms with van der Waals surface area (Å²) in [6, 6.07) is 11.7. The fraction of sp³-hybridized carbons (Fsp3) is 0.371. The molecule has 2 saturated carbocycles. The van der Waals surface area contributed by atoms with Gasteiger partial charge in [-0.2, -0.15) is 0 Å². The molecule has 2 amide bonds.